The molecular formula is C32H39N3O4. The number of para-hydroxylation sites is 2. The lowest BCUT2D eigenvalue weighted by Crippen LogP contribution is -2.26. The number of hydrogen-bond acceptors (Lipinski definition) is 5. The zero-order chi connectivity index (χ0) is 27.8. The highest BCUT2D eigenvalue weighted by Gasteiger charge is 2.14. The minimum atomic E-state index is -0.0263. The highest BCUT2D eigenvalue weighted by molar-refractivity contribution is 5.79. The van der Waals surface area contributed by atoms with Gasteiger partial charge in [0.15, 0.2) is 11.5 Å². The summed E-state index contributed by atoms with van der Waals surface area (Å²) >= 11 is 0. The summed E-state index contributed by atoms with van der Waals surface area (Å²) in [5.74, 6) is 3.10. The number of amides is 1. The molecule has 0 fully saturated rings. The monoisotopic (exact) mass is 529 g/mol. The molecule has 0 saturated heterocycles. The minimum absolute atomic E-state index is 0.0263. The van der Waals surface area contributed by atoms with Gasteiger partial charge < -0.3 is 24.1 Å². The standard InChI is InChI=1S/C32H39N3O4/c1-32(2,3)24-13-15-25(16-14-24)39-20-19-35-27-10-7-6-9-26(27)34-30(35)11-8-18-33-31(36)22-23-12-17-28(37-4)29(21-23)38-5/h6-7,9-10,12-17,21H,8,11,18-20,22H2,1-5H3,(H,33,36). The van der Waals surface area contributed by atoms with Gasteiger partial charge in [-0.05, 0) is 59.4 Å². The van der Waals surface area contributed by atoms with Crippen molar-refractivity contribution < 1.29 is 19.0 Å². The molecule has 1 heterocycles. The number of ether oxygens (including phenoxy) is 3. The number of aromatic nitrogens is 2. The summed E-state index contributed by atoms with van der Waals surface area (Å²) < 4.78 is 18.9. The summed E-state index contributed by atoms with van der Waals surface area (Å²) in [5.41, 5.74) is 4.34. The Labute approximate surface area is 231 Å². The number of fused-ring (bicyclic) bond motifs is 1. The van der Waals surface area contributed by atoms with Gasteiger partial charge in [0.2, 0.25) is 5.91 Å². The summed E-state index contributed by atoms with van der Waals surface area (Å²) in [6, 6.07) is 22.0. The van der Waals surface area contributed by atoms with Crippen molar-refractivity contribution in [2.75, 3.05) is 27.4 Å². The van der Waals surface area contributed by atoms with Crippen LogP contribution in [0.1, 0.15) is 44.1 Å². The van der Waals surface area contributed by atoms with Crippen molar-refractivity contribution in [1.29, 1.82) is 0 Å². The SMILES string of the molecule is COc1ccc(CC(=O)NCCCc2nc3ccccc3n2CCOc2ccc(C(C)(C)C)cc2)cc1OC. The average Bonchev–Trinajstić information content (AvgIpc) is 3.28. The van der Waals surface area contributed by atoms with Gasteiger partial charge in [-0.2, -0.15) is 0 Å². The Bertz CT molecular complexity index is 1390. The van der Waals surface area contributed by atoms with Gasteiger partial charge in [-0.15, -0.1) is 0 Å². The minimum Gasteiger partial charge on any atom is -0.493 e. The third-order valence-electron chi connectivity index (χ3n) is 6.75. The molecule has 0 aliphatic carbocycles. The van der Waals surface area contributed by atoms with Crippen LogP contribution in [-0.4, -0.2) is 42.8 Å². The molecule has 7 heteroatoms. The summed E-state index contributed by atoms with van der Waals surface area (Å²) in [7, 11) is 3.18. The Balaban J connectivity index is 1.31. The molecule has 0 aliphatic heterocycles. The molecule has 0 bridgehead atoms. The van der Waals surface area contributed by atoms with Crippen molar-refractivity contribution in [1.82, 2.24) is 14.9 Å². The van der Waals surface area contributed by atoms with Crippen LogP contribution < -0.4 is 19.5 Å². The number of carbonyl (C=O) groups is 1. The van der Waals surface area contributed by atoms with Gasteiger partial charge >= 0.3 is 0 Å². The summed E-state index contributed by atoms with van der Waals surface area (Å²) in [6.45, 7) is 8.44. The first kappa shape index (κ1) is 28.0. The number of nitrogens with zero attached hydrogens (tertiary/aromatic N) is 2. The van der Waals surface area contributed by atoms with Crippen LogP contribution in [-0.2, 0) is 29.6 Å². The van der Waals surface area contributed by atoms with E-state index in [0.29, 0.717) is 31.2 Å². The first-order chi connectivity index (χ1) is 18.8. The van der Waals surface area contributed by atoms with Gasteiger partial charge in [0.05, 0.1) is 38.2 Å². The van der Waals surface area contributed by atoms with E-state index in [-0.39, 0.29) is 17.7 Å². The number of methoxy groups -OCH3 is 2. The molecule has 1 N–H and O–H groups in total. The molecular weight excluding hydrogens is 490 g/mol. The maximum absolute atomic E-state index is 12.5. The number of aryl methyl sites for hydroxylation is 1. The van der Waals surface area contributed by atoms with Crippen LogP contribution >= 0.6 is 0 Å². The van der Waals surface area contributed by atoms with Crippen LogP contribution in [0, 0.1) is 0 Å². The summed E-state index contributed by atoms with van der Waals surface area (Å²) in [6.07, 6.45) is 1.83. The van der Waals surface area contributed by atoms with Crippen LogP contribution in [0.5, 0.6) is 17.2 Å². The molecule has 1 amide bonds. The normalized spacial score (nSPS) is 11.4. The van der Waals surface area contributed by atoms with E-state index in [1.54, 1.807) is 14.2 Å². The second-order valence-corrected chi connectivity index (χ2v) is 10.6. The zero-order valence-electron chi connectivity index (χ0n) is 23.6. The number of hydrogen-bond donors (Lipinski definition) is 1. The van der Waals surface area contributed by atoms with Crippen molar-refractivity contribution in [2.24, 2.45) is 0 Å². The molecule has 0 aliphatic rings. The average molecular weight is 530 g/mol. The molecule has 206 valence electrons. The topological polar surface area (TPSA) is 74.6 Å². The molecule has 0 unspecified atom stereocenters. The lowest BCUT2D eigenvalue weighted by Gasteiger charge is -2.19. The fraction of sp³-hybridized carbons (Fsp3) is 0.375. The Hall–Kier alpha value is -4.00. The highest BCUT2D eigenvalue weighted by atomic mass is 16.5. The Morgan fingerprint density at radius 1 is 0.949 bits per heavy atom. The number of imidazole rings is 1. The van der Waals surface area contributed by atoms with E-state index in [1.165, 1.54) is 5.56 Å². The molecule has 0 radical (unpaired) electrons. The molecule has 4 aromatic rings. The van der Waals surface area contributed by atoms with Crippen molar-refractivity contribution in [2.45, 2.75) is 52.0 Å². The lowest BCUT2D eigenvalue weighted by molar-refractivity contribution is -0.120. The summed E-state index contributed by atoms with van der Waals surface area (Å²) in [4.78, 5) is 17.4. The highest BCUT2D eigenvalue weighted by Crippen LogP contribution is 2.28. The van der Waals surface area contributed by atoms with E-state index >= 15 is 0 Å². The number of nitrogens with one attached hydrogen (secondary N) is 1. The predicted octanol–water partition coefficient (Wildman–Crippen LogP) is 5.72. The predicted molar refractivity (Wildman–Crippen MR) is 155 cm³/mol. The molecule has 7 nitrogen and oxygen atoms in total. The summed E-state index contributed by atoms with van der Waals surface area (Å²) in [5, 5.41) is 3.03. The first-order valence-corrected chi connectivity index (χ1v) is 13.4. The van der Waals surface area contributed by atoms with Gasteiger partial charge in [-0.25, -0.2) is 4.98 Å². The number of carbonyl (C=O) groups excluding carboxylic acids is 1. The third kappa shape index (κ3) is 7.31. The van der Waals surface area contributed by atoms with Crippen molar-refractivity contribution in [3.8, 4) is 17.2 Å². The van der Waals surface area contributed by atoms with Gasteiger partial charge in [-0.1, -0.05) is 51.1 Å². The van der Waals surface area contributed by atoms with Gasteiger partial charge in [-0.3, -0.25) is 4.79 Å². The maximum Gasteiger partial charge on any atom is 0.224 e. The Kier molecular flexibility index (Phi) is 9.12. The van der Waals surface area contributed by atoms with Crippen LogP contribution in [0.2, 0.25) is 0 Å². The Morgan fingerprint density at radius 3 is 2.41 bits per heavy atom. The van der Waals surface area contributed by atoms with E-state index in [0.717, 1.165) is 41.0 Å². The lowest BCUT2D eigenvalue weighted by atomic mass is 9.87. The second-order valence-electron chi connectivity index (χ2n) is 10.6. The quantitative estimate of drug-likeness (QED) is 0.238. The van der Waals surface area contributed by atoms with E-state index in [9.17, 15) is 4.79 Å². The van der Waals surface area contributed by atoms with Gasteiger partial charge in [0, 0.05) is 13.0 Å². The molecule has 1 aromatic heterocycles. The number of benzene rings is 3. The smallest absolute Gasteiger partial charge is 0.224 e. The van der Waals surface area contributed by atoms with Crippen LogP contribution in [0.15, 0.2) is 66.7 Å². The zero-order valence-corrected chi connectivity index (χ0v) is 23.6. The van der Waals surface area contributed by atoms with Crippen molar-refractivity contribution >= 4 is 16.9 Å². The van der Waals surface area contributed by atoms with E-state index < -0.39 is 0 Å². The molecule has 3 aromatic carbocycles. The van der Waals surface area contributed by atoms with Crippen molar-refractivity contribution in [3.63, 3.8) is 0 Å². The Morgan fingerprint density at radius 2 is 1.69 bits per heavy atom. The first-order valence-electron chi connectivity index (χ1n) is 13.4. The molecule has 39 heavy (non-hydrogen) atoms. The fourth-order valence-electron chi connectivity index (χ4n) is 4.58. The maximum atomic E-state index is 12.5. The molecule has 0 spiro atoms. The van der Waals surface area contributed by atoms with Crippen LogP contribution in [0.4, 0.5) is 0 Å². The third-order valence-corrected chi connectivity index (χ3v) is 6.75. The van der Waals surface area contributed by atoms with E-state index in [4.69, 9.17) is 19.2 Å². The van der Waals surface area contributed by atoms with Crippen LogP contribution in [0.25, 0.3) is 11.0 Å². The number of rotatable bonds is 12. The molecule has 4 rings (SSSR count). The largest absolute Gasteiger partial charge is 0.493 e. The molecule has 0 saturated carbocycles. The van der Waals surface area contributed by atoms with E-state index in [1.807, 2.05) is 48.5 Å². The van der Waals surface area contributed by atoms with Crippen LogP contribution in [0.3, 0.4) is 0 Å². The van der Waals surface area contributed by atoms with E-state index in [2.05, 4.69) is 48.9 Å². The second kappa shape index (κ2) is 12.7. The van der Waals surface area contributed by atoms with Gasteiger partial charge in [0.25, 0.3) is 0 Å². The van der Waals surface area contributed by atoms with Gasteiger partial charge in [0.1, 0.15) is 18.2 Å². The van der Waals surface area contributed by atoms with Crippen molar-refractivity contribution in [3.05, 3.63) is 83.7 Å². The molecule has 0 atom stereocenters. The fourth-order valence-corrected chi connectivity index (χ4v) is 4.58.